The van der Waals surface area contributed by atoms with E-state index in [1.54, 1.807) is 19.8 Å². The SMILES string of the molecule is C/C=C(\C)OC.C=C1CCC(O)C/C1=C/C=C1\CCCC2(C)C(CCCCS(=O)c3ccc(OC)cc3)CCC12.CC. The molecule has 1 aromatic rings. The average molecular weight is 599 g/mol. The van der Waals surface area contributed by atoms with Crippen LogP contribution in [-0.2, 0) is 15.5 Å². The first kappa shape index (κ1) is 36.1. The van der Waals surface area contributed by atoms with E-state index < -0.39 is 10.8 Å². The van der Waals surface area contributed by atoms with Gasteiger partial charge in [0.1, 0.15) is 5.75 Å². The minimum atomic E-state index is -0.928. The monoisotopic (exact) mass is 598 g/mol. The molecule has 1 N–H and O–H groups in total. The Morgan fingerprint density at radius 1 is 1.10 bits per heavy atom. The average Bonchev–Trinajstić information content (AvgIpc) is 3.36. The minimum Gasteiger partial charge on any atom is -0.502 e. The van der Waals surface area contributed by atoms with Gasteiger partial charge in [-0.1, -0.05) is 63.1 Å². The fourth-order valence-corrected chi connectivity index (χ4v) is 7.94. The van der Waals surface area contributed by atoms with Crippen LogP contribution in [0.2, 0.25) is 0 Å². The summed E-state index contributed by atoms with van der Waals surface area (Å²) >= 11 is 0. The molecule has 5 atom stereocenters. The highest BCUT2D eigenvalue weighted by atomic mass is 32.2. The summed E-state index contributed by atoms with van der Waals surface area (Å²) < 4.78 is 22.6. The van der Waals surface area contributed by atoms with Crippen LogP contribution in [0.25, 0.3) is 0 Å². The highest BCUT2D eigenvalue weighted by molar-refractivity contribution is 7.85. The first-order valence-corrected chi connectivity index (χ1v) is 17.5. The molecule has 5 unspecified atom stereocenters. The fourth-order valence-electron chi connectivity index (χ4n) is 6.80. The second-order valence-electron chi connectivity index (χ2n) is 11.9. The van der Waals surface area contributed by atoms with E-state index >= 15 is 0 Å². The van der Waals surface area contributed by atoms with Crippen molar-refractivity contribution in [1.29, 1.82) is 0 Å². The van der Waals surface area contributed by atoms with Crippen molar-refractivity contribution in [3.8, 4) is 5.75 Å². The lowest BCUT2D eigenvalue weighted by molar-refractivity contribution is 0.127. The van der Waals surface area contributed by atoms with Crippen LogP contribution in [0.3, 0.4) is 0 Å². The number of allylic oxidation sites excluding steroid dienone is 6. The van der Waals surface area contributed by atoms with Crippen LogP contribution in [0, 0.1) is 17.3 Å². The van der Waals surface area contributed by atoms with E-state index in [4.69, 9.17) is 9.47 Å². The van der Waals surface area contributed by atoms with Gasteiger partial charge in [-0.15, -0.1) is 0 Å². The van der Waals surface area contributed by atoms with Crippen LogP contribution in [0.1, 0.15) is 105 Å². The number of unbranched alkanes of at least 4 members (excludes halogenated alkanes) is 1. The number of aliphatic hydroxyl groups is 1. The van der Waals surface area contributed by atoms with Crippen molar-refractivity contribution in [2.45, 2.75) is 116 Å². The second-order valence-corrected chi connectivity index (χ2v) is 13.5. The molecule has 1 aromatic carbocycles. The number of hydrogen-bond acceptors (Lipinski definition) is 4. The van der Waals surface area contributed by atoms with Gasteiger partial charge < -0.3 is 14.6 Å². The van der Waals surface area contributed by atoms with Gasteiger partial charge in [-0.3, -0.25) is 4.21 Å². The fraction of sp³-hybridized carbons (Fsp3) is 0.622. The lowest BCUT2D eigenvalue weighted by atomic mass is 9.62. The largest absolute Gasteiger partial charge is 0.502 e. The van der Waals surface area contributed by atoms with Gasteiger partial charge in [-0.2, -0.15) is 0 Å². The number of benzene rings is 1. The Morgan fingerprint density at radius 3 is 2.43 bits per heavy atom. The predicted molar refractivity (Wildman–Crippen MR) is 179 cm³/mol. The van der Waals surface area contributed by atoms with Crippen molar-refractivity contribution in [2.24, 2.45) is 17.3 Å². The number of methoxy groups -OCH3 is 2. The van der Waals surface area contributed by atoms with Gasteiger partial charge in [0.15, 0.2) is 0 Å². The van der Waals surface area contributed by atoms with Crippen LogP contribution in [0.15, 0.2) is 76.4 Å². The summed E-state index contributed by atoms with van der Waals surface area (Å²) in [6, 6.07) is 7.63. The zero-order chi connectivity index (χ0) is 31.1. The van der Waals surface area contributed by atoms with E-state index in [-0.39, 0.29) is 6.10 Å². The van der Waals surface area contributed by atoms with Crippen LogP contribution < -0.4 is 4.74 Å². The topological polar surface area (TPSA) is 55.8 Å². The standard InChI is InChI=1S/C30H42O3S.C5H10O.C2H6/c1-22-9-13-26(31)21-24(22)11-10-23-7-6-19-30(2)25(12-18-29(23)30)8-4-5-20-34(32)28-16-14-27(33-3)15-17-28;1-4-5(2)6-3;1-2/h10-11,14-17,25-26,29,31H,1,4-9,12-13,18-21H2,2-3H3;4H,1-3H3;1-2H3/b23-10+,24-11-;5-4+;. The molecule has 0 radical (unpaired) electrons. The molecular weight excluding hydrogens is 540 g/mol. The van der Waals surface area contributed by atoms with E-state index in [1.807, 2.05) is 58.0 Å². The molecular formula is C37H58O4S. The van der Waals surface area contributed by atoms with Crippen LogP contribution >= 0.6 is 0 Å². The van der Waals surface area contributed by atoms with Gasteiger partial charge in [-0.05, 0) is 125 Å². The summed E-state index contributed by atoms with van der Waals surface area (Å²) in [6.07, 6.45) is 18.8. The van der Waals surface area contributed by atoms with Crippen molar-refractivity contribution < 1.29 is 18.8 Å². The van der Waals surface area contributed by atoms with Crippen LogP contribution in [0.5, 0.6) is 5.75 Å². The number of ether oxygens (including phenoxy) is 2. The van der Waals surface area contributed by atoms with Gasteiger partial charge in [0, 0.05) is 10.6 Å². The molecule has 4 nitrogen and oxygen atoms in total. The Morgan fingerprint density at radius 2 is 1.81 bits per heavy atom. The summed E-state index contributed by atoms with van der Waals surface area (Å²) in [6.45, 7) is 14.6. The lowest BCUT2D eigenvalue weighted by Gasteiger charge is -2.42. The van der Waals surface area contributed by atoms with Gasteiger partial charge in [0.2, 0.25) is 0 Å². The minimum absolute atomic E-state index is 0.207. The van der Waals surface area contributed by atoms with E-state index in [1.165, 1.54) is 49.7 Å². The summed E-state index contributed by atoms with van der Waals surface area (Å²) in [5, 5.41) is 10.1. The molecule has 4 rings (SSSR count). The highest BCUT2D eigenvalue weighted by Gasteiger charge is 2.48. The third-order valence-corrected chi connectivity index (χ3v) is 11.0. The molecule has 0 heterocycles. The molecule has 0 spiro atoms. The highest BCUT2D eigenvalue weighted by Crippen LogP contribution is 2.58. The molecule has 3 fully saturated rings. The summed E-state index contributed by atoms with van der Waals surface area (Å²) in [5.41, 5.74) is 4.48. The molecule has 236 valence electrons. The Kier molecular flexibility index (Phi) is 15.9. The van der Waals surface area contributed by atoms with Crippen LogP contribution in [0.4, 0.5) is 0 Å². The smallest absolute Gasteiger partial charge is 0.118 e. The quantitative estimate of drug-likeness (QED) is 0.227. The van der Waals surface area contributed by atoms with Gasteiger partial charge >= 0.3 is 0 Å². The summed E-state index contributed by atoms with van der Waals surface area (Å²) in [4.78, 5) is 0.901. The van der Waals surface area contributed by atoms with Gasteiger partial charge in [-0.25, -0.2) is 0 Å². The third-order valence-electron chi connectivity index (χ3n) is 9.53. The predicted octanol–water partition coefficient (Wildman–Crippen LogP) is 9.73. The molecule has 0 aromatic heterocycles. The zero-order valence-corrected chi connectivity index (χ0v) is 28.4. The molecule has 3 aliphatic carbocycles. The maximum atomic E-state index is 12.7. The number of rotatable bonds is 9. The molecule has 3 aliphatic rings. The summed E-state index contributed by atoms with van der Waals surface area (Å²) in [5.74, 6) is 3.99. The van der Waals surface area contributed by atoms with E-state index in [0.29, 0.717) is 11.3 Å². The molecule has 0 saturated heterocycles. The van der Waals surface area contributed by atoms with Gasteiger partial charge in [0.05, 0.1) is 36.9 Å². The Labute approximate surface area is 259 Å². The van der Waals surface area contributed by atoms with Crippen molar-refractivity contribution >= 4 is 10.8 Å². The van der Waals surface area contributed by atoms with Gasteiger partial charge in [0.25, 0.3) is 0 Å². The van der Waals surface area contributed by atoms with Crippen molar-refractivity contribution in [3.05, 3.63) is 71.6 Å². The van der Waals surface area contributed by atoms with Crippen molar-refractivity contribution in [1.82, 2.24) is 0 Å². The zero-order valence-electron chi connectivity index (χ0n) is 27.5. The van der Waals surface area contributed by atoms with Crippen LogP contribution in [-0.4, -0.2) is 35.4 Å². The first-order valence-electron chi connectivity index (χ1n) is 16.2. The third kappa shape index (κ3) is 10.3. The maximum absolute atomic E-state index is 12.7. The molecule has 3 saturated carbocycles. The second kappa shape index (κ2) is 18.5. The van der Waals surface area contributed by atoms with E-state index in [0.717, 1.165) is 60.2 Å². The first-order chi connectivity index (χ1) is 20.2. The molecule has 5 heteroatoms. The van der Waals surface area contributed by atoms with E-state index in [2.05, 4.69) is 25.7 Å². The molecule has 42 heavy (non-hydrogen) atoms. The Bertz CT molecular complexity index is 1080. The lowest BCUT2D eigenvalue weighted by Crippen LogP contribution is -2.33. The molecule has 0 aliphatic heterocycles. The molecule has 0 amide bonds. The van der Waals surface area contributed by atoms with Crippen molar-refractivity contribution in [2.75, 3.05) is 20.0 Å². The number of fused-ring (bicyclic) bond motifs is 1. The van der Waals surface area contributed by atoms with Crippen molar-refractivity contribution in [3.63, 3.8) is 0 Å². The summed E-state index contributed by atoms with van der Waals surface area (Å²) in [7, 11) is 2.39. The maximum Gasteiger partial charge on any atom is 0.118 e. The molecule has 0 bridgehead atoms. The Balaban J connectivity index is 0.000000686. The van der Waals surface area contributed by atoms with E-state index in [9.17, 15) is 9.32 Å². The normalized spacial score (nSPS) is 28.2. The number of aliphatic hydroxyl groups excluding tert-OH is 1. The number of hydrogen-bond donors (Lipinski definition) is 1. The Hall–Kier alpha value is -2.11.